The number of Topliss-reactive ketones (excluding diaryl/α,β-unsaturated/α-hetero) is 1. The zero-order valence-electron chi connectivity index (χ0n) is 14.2. The number of ketones is 3. The third-order valence-electron chi connectivity index (χ3n) is 5.11. The summed E-state index contributed by atoms with van der Waals surface area (Å²) >= 11 is 0. The molecule has 0 amide bonds. The number of rotatable bonds is 1. The topological polar surface area (TPSA) is 101 Å². The van der Waals surface area contributed by atoms with Crippen molar-refractivity contribution < 1.29 is 29.3 Å². The summed E-state index contributed by atoms with van der Waals surface area (Å²) in [6.45, 7) is 1.37. The summed E-state index contributed by atoms with van der Waals surface area (Å²) < 4.78 is 5.21. The third-order valence-corrected chi connectivity index (χ3v) is 5.11. The maximum absolute atomic E-state index is 13.1. The van der Waals surface area contributed by atoms with Gasteiger partial charge in [-0.1, -0.05) is 18.2 Å². The van der Waals surface area contributed by atoms with E-state index < -0.39 is 29.1 Å². The molecule has 0 fully saturated rings. The molecule has 0 aromatic heterocycles. The Labute approximate surface area is 149 Å². The minimum atomic E-state index is -1.66. The summed E-state index contributed by atoms with van der Waals surface area (Å²) in [4.78, 5) is 38.8. The van der Waals surface area contributed by atoms with Crippen LogP contribution in [0, 0.1) is 0 Å². The molecule has 0 aliphatic heterocycles. The van der Waals surface area contributed by atoms with Gasteiger partial charge in [-0.15, -0.1) is 0 Å². The summed E-state index contributed by atoms with van der Waals surface area (Å²) in [5.74, 6) is -1.33. The number of fused-ring (bicyclic) bond motifs is 4. The second-order valence-corrected chi connectivity index (χ2v) is 6.86. The number of aliphatic hydroxyl groups excluding tert-OH is 1. The SMILES string of the molecule is COc1cccc2c1C(=O)c1ccc3c(c1C2=O)C(=O)C(O)C(C)(O)C3. The van der Waals surface area contributed by atoms with Gasteiger partial charge in [0.15, 0.2) is 17.3 Å². The van der Waals surface area contributed by atoms with Gasteiger partial charge in [0, 0.05) is 28.7 Å². The minimum absolute atomic E-state index is 0.00666. The Kier molecular flexibility index (Phi) is 3.41. The molecule has 2 unspecified atom stereocenters. The highest BCUT2D eigenvalue weighted by Crippen LogP contribution is 2.39. The highest BCUT2D eigenvalue weighted by Gasteiger charge is 2.46. The number of benzene rings is 2. The van der Waals surface area contributed by atoms with Crippen LogP contribution in [0.1, 0.15) is 54.7 Å². The lowest BCUT2D eigenvalue weighted by Crippen LogP contribution is -2.50. The van der Waals surface area contributed by atoms with E-state index in [2.05, 4.69) is 0 Å². The molecule has 132 valence electrons. The summed E-state index contributed by atoms with van der Waals surface area (Å²) in [5.41, 5.74) is -0.732. The van der Waals surface area contributed by atoms with Gasteiger partial charge < -0.3 is 14.9 Å². The molecular formula is C20H16O6. The van der Waals surface area contributed by atoms with E-state index in [1.807, 2.05) is 0 Å². The van der Waals surface area contributed by atoms with Gasteiger partial charge in [-0.05, 0) is 24.6 Å². The fourth-order valence-corrected chi connectivity index (χ4v) is 3.80. The van der Waals surface area contributed by atoms with Gasteiger partial charge in [-0.3, -0.25) is 14.4 Å². The van der Waals surface area contributed by atoms with Crippen molar-refractivity contribution in [3.63, 3.8) is 0 Å². The second-order valence-electron chi connectivity index (χ2n) is 6.86. The molecular weight excluding hydrogens is 336 g/mol. The predicted octanol–water partition coefficient (Wildman–Crippen LogP) is 1.32. The van der Waals surface area contributed by atoms with Gasteiger partial charge in [0.1, 0.15) is 11.9 Å². The average Bonchev–Trinajstić information content (AvgIpc) is 2.62. The van der Waals surface area contributed by atoms with Crippen molar-refractivity contribution in [3.8, 4) is 5.75 Å². The maximum Gasteiger partial charge on any atom is 0.198 e. The Morgan fingerprint density at radius 3 is 2.35 bits per heavy atom. The number of methoxy groups -OCH3 is 1. The highest BCUT2D eigenvalue weighted by atomic mass is 16.5. The van der Waals surface area contributed by atoms with Gasteiger partial charge >= 0.3 is 0 Å². The van der Waals surface area contributed by atoms with Crippen molar-refractivity contribution in [2.75, 3.05) is 7.11 Å². The van der Waals surface area contributed by atoms with Crippen LogP contribution in [0.5, 0.6) is 5.75 Å². The zero-order valence-corrected chi connectivity index (χ0v) is 14.2. The maximum atomic E-state index is 13.1. The van der Waals surface area contributed by atoms with E-state index in [4.69, 9.17) is 4.74 Å². The molecule has 0 saturated carbocycles. The molecule has 0 radical (unpaired) electrons. The van der Waals surface area contributed by atoms with Crippen molar-refractivity contribution in [2.45, 2.75) is 25.0 Å². The Hall–Kier alpha value is -2.83. The summed E-state index contributed by atoms with van der Waals surface area (Å²) in [7, 11) is 1.41. The average molecular weight is 352 g/mol. The van der Waals surface area contributed by atoms with Crippen LogP contribution < -0.4 is 4.74 Å². The lowest BCUT2D eigenvalue weighted by atomic mass is 9.72. The molecule has 0 saturated heterocycles. The zero-order chi connectivity index (χ0) is 18.8. The summed E-state index contributed by atoms with van der Waals surface area (Å²) in [5, 5.41) is 20.4. The van der Waals surface area contributed by atoms with E-state index in [9.17, 15) is 24.6 Å². The number of aliphatic hydroxyl groups is 2. The number of ether oxygens (including phenoxy) is 1. The van der Waals surface area contributed by atoms with Crippen molar-refractivity contribution in [3.05, 3.63) is 63.7 Å². The van der Waals surface area contributed by atoms with E-state index >= 15 is 0 Å². The number of carbonyl (C=O) groups is 3. The van der Waals surface area contributed by atoms with E-state index in [0.717, 1.165) is 0 Å². The van der Waals surface area contributed by atoms with E-state index in [-0.39, 0.29) is 34.2 Å². The third kappa shape index (κ3) is 2.03. The van der Waals surface area contributed by atoms with Crippen LogP contribution in [0.4, 0.5) is 0 Å². The van der Waals surface area contributed by atoms with Gasteiger partial charge in [0.05, 0.1) is 18.3 Å². The first-order valence-electron chi connectivity index (χ1n) is 8.15. The molecule has 2 N–H and O–H groups in total. The Morgan fingerprint density at radius 2 is 1.65 bits per heavy atom. The number of carbonyl (C=O) groups excluding carboxylic acids is 3. The molecule has 2 aromatic carbocycles. The minimum Gasteiger partial charge on any atom is -0.496 e. The molecule has 26 heavy (non-hydrogen) atoms. The van der Waals surface area contributed by atoms with Gasteiger partial charge in [-0.2, -0.15) is 0 Å². The van der Waals surface area contributed by atoms with Gasteiger partial charge in [0.2, 0.25) is 0 Å². The monoisotopic (exact) mass is 352 g/mol. The Morgan fingerprint density at radius 1 is 1.00 bits per heavy atom. The second kappa shape index (κ2) is 5.33. The van der Waals surface area contributed by atoms with Crippen LogP contribution in [0.15, 0.2) is 30.3 Å². The quantitative estimate of drug-likeness (QED) is 0.685. The van der Waals surface area contributed by atoms with Crippen LogP contribution in [-0.4, -0.2) is 46.4 Å². The normalized spacial score (nSPS) is 24.0. The molecule has 2 aromatic rings. The highest BCUT2D eigenvalue weighted by molar-refractivity contribution is 6.32. The smallest absolute Gasteiger partial charge is 0.198 e. The summed E-state index contributed by atoms with van der Waals surface area (Å²) in [6.07, 6.45) is -1.65. The number of hydrogen-bond acceptors (Lipinski definition) is 6. The van der Waals surface area contributed by atoms with Crippen molar-refractivity contribution in [1.29, 1.82) is 0 Å². The van der Waals surface area contributed by atoms with E-state index in [0.29, 0.717) is 11.3 Å². The molecule has 0 heterocycles. The first-order valence-corrected chi connectivity index (χ1v) is 8.15. The molecule has 2 atom stereocenters. The van der Waals surface area contributed by atoms with Crippen LogP contribution in [0.3, 0.4) is 0 Å². The van der Waals surface area contributed by atoms with Crippen LogP contribution in [0.25, 0.3) is 0 Å². The first kappa shape index (κ1) is 16.6. The largest absolute Gasteiger partial charge is 0.496 e. The van der Waals surface area contributed by atoms with Crippen LogP contribution in [-0.2, 0) is 6.42 Å². The van der Waals surface area contributed by atoms with Crippen molar-refractivity contribution in [2.24, 2.45) is 0 Å². The van der Waals surface area contributed by atoms with Crippen molar-refractivity contribution in [1.82, 2.24) is 0 Å². The molecule has 6 heteroatoms. The molecule has 0 bridgehead atoms. The first-order chi connectivity index (χ1) is 12.3. The van der Waals surface area contributed by atoms with E-state index in [1.165, 1.54) is 26.2 Å². The molecule has 0 spiro atoms. The standard InChI is InChI=1S/C20H16O6/c1-20(25)8-9-6-7-11-15(13(9)18(23)19(20)24)17(22)10-4-3-5-12(26-2)14(10)16(11)21/h3-7,19,24-25H,8H2,1-2H3. The molecule has 4 rings (SSSR count). The Balaban J connectivity index is 2.01. The molecule has 2 aliphatic rings. The van der Waals surface area contributed by atoms with Gasteiger partial charge in [-0.25, -0.2) is 0 Å². The van der Waals surface area contributed by atoms with Crippen LogP contribution in [0.2, 0.25) is 0 Å². The molecule has 2 aliphatic carbocycles. The molecule has 6 nitrogen and oxygen atoms in total. The fourth-order valence-electron chi connectivity index (χ4n) is 3.80. The number of hydrogen-bond donors (Lipinski definition) is 2. The van der Waals surface area contributed by atoms with Crippen molar-refractivity contribution >= 4 is 17.3 Å². The Bertz CT molecular complexity index is 1000. The predicted molar refractivity (Wildman–Crippen MR) is 91.0 cm³/mol. The van der Waals surface area contributed by atoms with Crippen LogP contribution >= 0.6 is 0 Å². The lowest BCUT2D eigenvalue weighted by Gasteiger charge is -2.35. The fraction of sp³-hybridized carbons (Fsp3) is 0.250. The lowest BCUT2D eigenvalue weighted by molar-refractivity contribution is -0.0488. The summed E-state index contributed by atoms with van der Waals surface area (Å²) in [6, 6.07) is 7.76. The van der Waals surface area contributed by atoms with Gasteiger partial charge in [0.25, 0.3) is 0 Å². The van der Waals surface area contributed by atoms with E-state index in [1.54, 1.807) is 18.2 Å².